The number of halogens is 2. The number of fused-ring (bicyclic) bond motifs is 1. The molecule has 2 fully saturated rings. The van der Waals surface area contributed by atoms with E-state index in [1.54, 1.807) is 12.1 Å². The van der Waals surface area contributed by atoms with Crippen LogP contribution in [0.4, 0.5) is 4.39 Å². The third kappa shape index (κ3) is 3.74. The van der Waals surface area contributed by atoms with Crippen LogP contribution in [0.5, 0.6) is 0 Å². The normalized spacial score (nSPS) is 24.7. The highest BCUT2D eigenvalue weighted by Gasteiger charge is 2.57. The van der Waals surface area contributed by atoms with Crippen molar-refractivity contribution in [1.82, 2.24) is 4.90 Å². The number of piperidine rings is 1. The Hall–Kier alpha value is -1.91. The average Bonchev–Trinajstić information content (AvgIpc) is 2.65. The van der Waals surface area contributed by atoms with Gasteiger partial charge in [0.15, 0.2) is 5.60 Å². The minimum atomic E-state index is -0.653. The van der Waals surface area contributed by atoms with Crippen molar-refractivity contribution in [3.05, 3.63) is 70.5 Å². The quantitative estimate of drug-likeness (QED) is 0.695. The highest BCUT2D eigenvalue weighted by Crippen LogP contribution is 2.46. The molecule has 2 aromatic carbocycles. The molecule has 2 aromatic rings. The zero-order valence-corrected chi connectivity index (χ0v) is 15.9. The number of benzene rings is 2. The summed E-state index contributed by atoms with van der Waals surface area (Å²) in [7, 11) is 0. The van der Waals surface area contributed by atoms with Crippen molar-refractivity contribution in [2.45, 2.75) is 43.7 Å². The lowest BCUT2D eigenvalue weighted by atomic mass is 9.73. The van der Waals surface area contributed by atoms with Gasteiger partial charge in [-0.25, -0.2) is 4.39 Å². The molecule has 0 spiro atoms. The summed E-state index contributed by atoms with van der Waals surface area (Å²) in [4.78, 5) is 15.0. The average molecular weight is 388 g/mol. The number of carbonyl (C=O) groups is 1. The lowest BCUT2D eigenvalue weighted by Gasteiger charge is -2.58. The number of hydrogen-bond acceptors (Lipinski definition) is 3. The van der Waals surface area contributed by atoms with Gasteiger partial charge in [0, 0.05) is 18.0 Å². The number of carbonyl (C=O) groups excluding carboxylic acids is 1. The summed E-state index contributed by atoms with van der Waals surface area (Å²) in [6.45, 7) is 1.72. The van der Waals surface area contributed by atoms with Gasteiger partial charge < -0.3 is 4.74 Å². The van der Waals surface area contributed by atoms with E-state index in [-0.39, 0.29) is 17.8 Å². The molecule has 5 heteroatoms. The van der Waals surface area contributed by atoms with Crippen molar-refractivity contribution in [3.8, 4) is 0 Å². The minimum Gasteiger partial charge on any atom is -0.451 e. The van der Waals surface area contributed by atoms with Crippen LogP contribution in [0.3, 0.4) is 0 Å². The fraction of sp³-hybridized carbons (Fsp3) is 0.409. The molecule has 2 atom stereocenters. The largest absolute Gasteiger partial charge is 0.451 e. The molecule has 0 bridgehead atoms. The standard InChI is InChI=1S/C22H23ClFNO2/c23-18-5-3-4-16(14-18)7-12-21(26)27-22(17-8-10-19(24)11-9-17)15-25-13-2-1-6-20(22)25/h3-5,8-11,14,20H,1-2,6-7,12-13,15H2/t20?,22-/m0/s1. The van der Waals surface area contributed by atoms with Crippen LogP contribution in [0.2, 0.25) is 5.02 Å². The summed E-state index contributed by atoms with van der Waals surface area (Å²) < 4.78 is 19.5. The molecule has 0 amide bonds. The first kappa shape index (κ1) is 18.5. The molecule has 4 rings (SSSR count). The maximum Gasteiger partial charge on any atom is 0.307 e. The zero-order valence-electron chi connectivity index (χ0n) is 15.2. The predicted octanol–water partition coefficient (Wildman–Crippen LogP) is 4.72. The van der Waals surface area contributed by atoms with Gasteiger partial charge in [-0.15, -0.1) is 0 Å². The minimum absolute atomic E-state index is 0.187. The molecule has 2 saturated heterocycles. The third-order valence-corrected chi connectivity index (χ3v) is 5.96. The summed E-state index contributed by atoms with van der Waals surface area (Å²) >= 11 is 6.02. The molecule has 0 aromatic heterocycles. The second-order valence-electron chi connectivity index (χ2n) is 7.48. The molecule has 2 heterocycles. The van der Waals surface area contributed by atoms with Crippen molar-refractivity contribution in [1.29, 1.82) is 0 Å². The Labute approximate surface area is 164 Å². The molecule has 0 saturated carbocycles. The van der Waals surface area contributed by atoms with Crippen LogP contribution >= 0.6 is 11.6 Å². The zero-order chi connectivity index (χ0) is 18.9. The van der Waals surface area contributed by atoms with E-state index in [1.165, 1.54) is 18.6 Å². The van der Waals surface area contributed by atoms with E-state index < -0.39 is 5.60 Å². The van der Waals surface area contributed by atoms with Gasteiger partial charge >= 0.3 is 5.97 Å². The molecule has 2 aliphatic rings. The van der Waals surface area contributed by atoms with E-state index in [2.05, 4.69) is 4.90 Å². The number of rotatable bonds is 5. The Kier molecular flexibility index (Phi) is 5.20. The van der Waals surface area contributed by atoms with Crippen molar-refractivity contribution in [3.63, 3.8) is 0 Å². The fourth-order valence-electron chi connectivity index (χ4n) is 4.37. The molecule has 3 nitrogen and oxygen atoms in total. The first-order chi connectivity index (χ1) is 13.1. The first-order valence-electron chi connectivity index (χ1n) is 9.53. The molecule has 0 N–H and O–H groups in total. The van der Waals surface area contributed by atoms with Crippen molar-refractivity contribution in [2.75, 3.05) is 13.1 Å². The molecule has 0 radical (unpaired) electrons. The summed E-state index contributed by atoms with van der Waals surface area (Å²) in [6.07, 6.45) is 4.20. The Morgan fingerprint density at radius 2 is 2.04 bits per heavy atom. The van der Waals surface area contributed by atoms with E-state index in [1.807, 2.05) is 24.3 Å². The van der Waals surface area contributed by atoms with E-state index in [0.29, 0.717) is 24.4 Å². The van der Waals surface area contributed by atoms with Crippen LogP contribution in [0.25, 0.3) is 0 Å². The number of esters is 1. The van der Waals surface area contributed by atoms with Gasteiger partial charge in [-0.1, -0.05) is 42.3 Å². The van der Waals surface area contributed by atoms with Gasteiger partial charge in [-0.2, -0.15) is 0 Å². The van der Waals surface area contributed by atoms with Crippen molar-refractivity contribution >= 4 is 17.6 Å². The van der Waals surface area contributed by atoms with E-state index in [4.69, 9.17) is 16.3 Å². The van der Waals surface area contributed by atoms with E-state index >= 15 is 0 Å². The van der Waals surface area contributed by atoms with Gasteiger partial charge in [0.2, 0.25) is 0 Å². The van der Waals surface area contributed by atoms with Crippen LogP contribution in [-0.4, -0.2) is 30.0 Å². The maximum absolute atomic E-state index is 13.4. The SMILES string of the molecule is O=C(CCc1cccc(Cl)c1)O[C@]1(c2ccc(F)cc2)CN2CCCCC21. The van der Waals surface area contributed by atoms with Crippen molar-refractivity contribution in [2.24, 2.45) is 0 Å². The van der Waals surface area contributed by atoms with Crippen molar-refractivity contribution < 1.29 is 13.9 Å². The number of aryl methyl sites for hydroxylation is 1. The molecular formula is C22H23ClFNO2. The van der Waals surface area contributed by atoms with Gasteiger partial charge in [-0.05, 0) is 61.2 Å². The Morgan fingerprint density at radius 1 is 1.22 bits per heavy atom. The molecule has 1 unspecified atom stereocenters. The summed E-state index contributed by atoms with van der Waals surface area (Å²) in [5.41, 5.74) is 1.26. The van der Waals surface area contributed by atoms with Crippen LogP contribution in [0, 0.1) is 5.82 Å². The highest BCUT2D eigenvalue weighted by molar-refractivity contribution is 6.30. The van der Waals surface area contributed by atoms with Gasteiger partial charge in [-0.3, -0.25) is 9.69 Å². The fourth-order valence-corrected chi connectivity index (χ4v) is 4.58. The lowest BCUT2D eigenvalue weighted by Crippen LogP contribution is -2.70. The van der Waals surface area contributed by atoms with Crippen LogP contribution in [0.15, 0.2) is 48.5 Å². The number of ether oxygens (including phenoxy) is 1. The van der Waals surface area contributed by atoms with Crippen LogP contribution < -0.4 is 0 Å². The first-order valence-corrected chi connectivity index (χ1v) is 9.91. The lowest BCUT2D eigenvalue weighted by molar-refractivity contribution is -0.211. The number of nitrogens with zero attached hydrogens (tertiary/aromatic N) is 1. The second kappa shape index (κ2) is 7.61. The Balaban J connectivity index is 1.49. The van der Waals surface area contributed by atoms with E-state index in [9.17, 15) is 9.18 Å². The molecule has 142 valence electrons. The monoisotopic (exact) mass is 387 g/mol. The highest BCUT2D eigenvalue weighted by atomic mass is 35.5. The summed E-state index contributed by atoms with van der Waals surface area (Å²) in [5.74, 6) is -0.495. The number of hydrogen-bond donors (Lipinski definition) is 0. The van der Waals surface area contributed by atoms with Gasteiger partial charge in [0.25, 0.3) is 0 Å². The third-order valence-electron chi connectivity index (χ3n) is 5.73. The molecule has 0 aliphatic carbocycles. The Bertz CT molecular complexity index is 825. The van der Waals surface area contributed by atoms with Gasteiger partial charge in [0.05, 0.1) is 6.04 Å². The molecule has 27 heavy (non-hydrogen) atoms. The van der Waals surface area contributed by atoms with Crippen LogP contribution in [0.1, 0.15) is 36.8 Å². The Morgan fingerprint density at radius 3 is 2.78 bits per heavy atom. The summed E-state index contributed by atoms with van der Waals surface area (Å²) in [6, 6.07) is 14.1. The van der Waals surface area contributed by atoms with Gasteiger partial charge in [0.1, 0.15) is 5.82 Å². The second-order valence-corrected chi connectivity index (χ2v) is 7.92. The smallest absolute Gasteiger partial charge is 0.307 e. The van der Waals surface area contributed by atoms with E-state index in [0.717, 1.165) is 30.5 Å². The maximum atomic E-state index is 13.4. The predicted molar refractivity (Wildman–Crippen MR) is 103 cm³/mol. The molecular weight excluding hydrogens is 365 g/mol. The summed E-state index contributed by atoms with van der Waals surface area (Å²) in [5, 5.41) is 0.667. The topological polar surface area (TPSA) is 29.5 Å². The van der Waals surface area contributed by atoms with Crippen LogP contribution in [-0.2, 0) is 21.6 Å². The molecule has 2 aliphatic heterocycles.